The Hall–Kier alpha value is -2.13. The molecule has 34 heavy (non-hydrogen) atoms. The van der Waals surface area contributed by atoms with Crippen LogP contribution in [-0.4, -0.2) is 82.9 Å². The van der Waals surface area contributed by atoms with Crippen LogP contribution in [0.2, 0.25) is 0 Å². The molecular formula is C26H36N2O6. The van der Waals surface area contributed by atoms with Crippen molar-refractivity contribution in [1.82, 2.24) is 9.88 Å². The van der Waals surface area contributed by atoms with E-state index in [-0.39, 0.29) is 18.8 Å². The summed E-state index contributed by atoms with van der Waals surface area (Å²) in [5.74, 6) is 1.53. The van der Waals surface area contributed by atoms with Gasteiger partial charge in [-0.25, -0.2) is 0 Å². The van der Waals surface area contributed by atoms with Crippen LogP contribution in [0.25, 0.3) is 10.9 Å². The van der Waals surface area contributed by atoms with Gasteiger partial charge in [0, 0.05) is 49.4 Å². The molecule has 2 saturated heterocycles. The van der Waals surface area contributed by atoms with Crippen molar-refractivity contribution >= 4 is 16.9 Å². The summed E-state index contributed by atoms with van der Waals surface area (Å²) in [4.78, 5) is 19.9. The molecule has 0 amide bonds. The van der Waals surface area contributed by atoms with Crippen LogP contribution in [0.4, 0.5) is 0 Å². The van der Waals surface area contributed by atoms with Crippen LogP contribution in [0.15, 0.2) is 18.2 Å². The molecule has 8 heteroatoms. The summed E-state index contributed by atoms with van der Waals surface area (Å²) in [6, 6.07) is 6.21. The van der Waals surface area contributed by atoms with Crippen molar-refractivity contribution < 1.29 is 28.5 Å². The highest BCUT2D eigenvalue weighted by atomic mass is 16.7. The number of nitrogens with zero attached hydrogens (tertiary/aromatic N) is 1. The Balaban J connectivity index is 1.46. The van der Waals surface area contributed by atoms with Gasteiger partial charge in [-0.3, -0.25) is 9.69 Å². The molecule has 3 aliphatic heterocycles. The first-order chi connectivity index (χ1) is 16.6. The maximum atomic E-state index is 13.7. The van der Waals surface area contributed by atoms with Crippen molar-refractivity contribution in [3.63, 3.8) is 0 Å². The fraction of sp³-hybridized carbons (Fsp3) is 0.654. The third kappa shape index (κ3) is 3.90. The Labute approximate surface area is 200 Å². The molecule has 0 spiro atoms. The minimum Gasteiger partial charge on any atom is -0.497 e. The van der Waals surface area contributed by atoms with Gasteiger partial charge in [0.25, 0.3) is 0 Å². The Bertz CT molecular complexity index is 1020. The number of nitrogens with one attached hydrogen (secondary N) is 1. The lowest BCUT2D eigenvalue weighted by atomic mass is 9.56. The monoisotopic (exact) mass is 472 g/mol. The van der Waals surface area contributed by atoms with Crippen LogP contribution in [0.5, 0.6) is 5.75 Å². The van der Waals surface area contributed by atoms with Gasteiger partial charge in [-0.15, -0.1) is 0 Å². The van der Waals surface area contributed by atoms with E-state index >= 15 is 0 Å². The Morgan fingerprint density at radius 2 is 2.03 bits per heavy atom. The summed E-state index contributed by atoms with van der Waals surface area (Å²) in [5.41, 5.74) is 2.65. The van der Waals surface area contributed by atoms with E-state index in [1.54, 1.807) is 14.2 Å². The highest BCUT2D eigenvalue weighted by molar-refractivity contribution is 5.92. The second-order valence-electron chi connectivity index (χ2n) is 9.82. The van der Waals surface area contributed by atoms with Gasteiger partial charge < -0.3 is 28.7 Å². The van der Waals surface area contributed by atoms with Gasteiger partial charge in [-0.2, -0.15) is 0 Å². The summed E-state index contributed by atoms with van der Waals surface area (Å²) >= 11 is 0. The maximum Gasteiger partial charge on any atom is 0.319 e. The number of benzene rings is 1. The Morgan fingerprint density at radius 3 is 2.82 bits per heavy atom. The number of H-pyrrole nitrogens is 1. The fourth-order valence-electron chi connectivity index (χ4n) is 6.86. The van der Waals surface area contributed by atoms with E-state index in [9.17, 15) is 4.79 Å². The van der Waals surface area contributed by atoms with Gasteiger partial charge in [0.05, 0.1) is 27.4 Å². The van der Waals surface area contributed by atoms with Crippen LogP contribution in [-0.2, 0) is 35.6 Å². The highest BCUT2D eigenvalue weighted by Crippen LogP contribution is 2.55. The molecule has 4 aliphatic rings. The van der Waals surface area contributed by atoms with Gasteiger partial charge >= 0.3 is 5.97 Å². The zero-order valence-electron chi connectivity index (χ0n) is 20.4. The molecule has 1 saturated carbocycles. The fourth-order valence-corrected chi connectivity index (χ4v) is 6.86. The lowest BCUT2D eigenvalue weighted by Crippen LogP contribution is -2.67. The van der Waals surface area contributed by atoms with E-state index in [0.29, 0.717) is 31.7 Å². The lowest BCUT2D eigenvalue weighted by molar-refractivity contribution is -0.163. The summed E-state index contributed by atoms with van der Waals surface area (Å²) < 4.78 is 27.2. The molecule has 4 unspecified atom stereocenters. The molecule has 1 aliphatic carbocycles. The van der Waals surface area contributed by atoms with E-state index in [1.807, 2.05) is 6.07 Å². The summed E-state index contributed by atoms with van der Waals surface area (Å²) in [6.45, 7) is 3.95. The molecule has 4 heterocycles. The predicted octanol–water partition coefficient (Wildman–Crippen LogP) is 2.88. The van der Waals surface area contributed by atoms with E-state index in [1.165, 1.54) is 12.7 Å². The van der Waals surface area contributed by atoms with Crippen LogP contribution >= 0.6 is 0 Å². The number of carbonyl (C=O) groups is 1. The van der Waals surface area contributed by atoms with Crippen molar-refractivity contribution in [2.75, 3.05) is 61.0 Å². The van der Waals surface area contributed by atoms with Gasteiger partial charge in [-0.05, 0) is 61.3 Å². The predicted molar refractivity (Wildman–Crippen MR) is 127 cm³/mol. The topological polar surface area (TPSA) is 82.3 Å². The van der Waals surface area contributed by atoms with Gasteiger partial charge in [0.2, 0.25) is 0 Å². The van der Waals surface area contributed by atoms with Crippen molar-refractivity contribution in [2.45, 2.75) is 37.1 Å². The molecule has 2 aromatic rings. The number of methoxy groups -OCH3 is 3. The van der Waals surface area contributed by atoms with Crippen molar-refractivity contribution in [2.24, 2.45) is 11.8 Å². The summed E-state index contributed by atoms with van der Waals surface area (Å²) in [6.07, 6.45) is 3.75. The number of aromatic nitrogens is 1. The van der Waals surface area contributed by atoms with E-state index in [2.05, 4.69) is 22.0 Å². The van der Waals surface area contributed by atoms with Crippen LogP contribution in [0, 0.1) is 11.8 Å². The quantitative estimate of drug-likeness (QED) is 0.323. The zero-order chi connectivity index (χ0) is 23.7. The largest absolute Gasteiger partial charge is 0.497 e. The average Bonchev–Trinajstić information content (AvgIpc) is 3.19. The van der Waals surface area contributed by atoms with Crippen LogP contribution in [0.1, 0.15) is 30.5 Å². The maximum absolute atomic E-state index is 13.7. The number of hydrogen-bond donors (Lipinski definition) is 1. The van der Waals surface area contributed by atoms with Crippen molar-refractivity contribution in [1.29, 1.82) is 0 Å². The SMILES string of the molecule is COCCOCOCCC1C[C@H]2CN3CCc4c([nH]c5ccc(OC)cc45)C(C(=O)OC)(C2)C13. The van der Waals surface area contributed by atoms with Crippen LogP contribution < -0.4 is 4.74 Å². The molecule has 3 fully saturated rings. The number of fused-ring (bicyclic) bond motifs is 4. The minimum atomic E-state index is -0.687. The summed E-state index contributed by atoms with van der Waals surface area (Å²) in [5, 5.41) is 1.15. The molecule has 5 atom stereocenters. The molecule has 1 N–H and O–H groups in total. The number of piperidine rings is 2. The number of carbonyl (C=O) groups excluding carboxylic acids is 1. The van der Waals surface area contributed by atoms with E-state index in [0.717, 1.165) is 61.1 Å². The first-order valence-corrected chi connectivity index (χ1v) is 12.3. The van der Waals surface area contributed by atoms with Gasteiger partial charge in [0.15, 0.2) is 0 Å². The molecule has 0 radical (unpaired) electrons. The molecule has 1 aromatic carbocycles. The number of rotatable bonds is 10. The second-order valence-corrected chi connectivity index (χ2v) is 9.82. The molecule has 1 aromatic heterocycles. The van der Waals surface area contributed by atoms with Gasteiger partial charge in [-0.1, -0.05) is 0 Å². The number of aromatic amines is 1. The third-order valence-corrected chi connectivity index (χ3v) is 8.07. The molecule has 186 valence electrons. The zero-order valence-corrected chi connectivity index (χ0v) is 20.4. The Kier molecular flexibility index (Phi) is 6.84. The smallest absolute Gasteiger partial charge is 0.319 e. The lowest BCUT2D eigenvalue weighted by Gasteiger charge is -2.58. The standard InChI is InChI=1S/C26H36N2O6/c1-30-10-11-34-16-33-9-7-18-12-17-14-26(25(29)32-3)23-20(6-8-28(15-17)24(18)26)21-13-19(31-2)4-5-22(21)27-23/h4-5,13,17-18,24,27H,6-12,14-16H2,1-3H3/t17-,18?,24?,26?/m1/s1. The Morgan fingerprint density at radius 1 is 1.18 bits per heavy atom. The van der Waals surface area contributed by atoms with Crippen molar-refractivity contribution in [3.05, 3.63) is 29.5 Å². The highest BCUT2D eigenvalue weighted by Gasteiger charge is 2.62. The van der Waals surface area contributed by atoms with Crippen molar-refractivity contribution in [3.8, 4) is 5.75 Å². The summed E-state index contributed by atoms with van der Waals surface area (Å²) in [7, 11) is 4.87. The molecule has 8 nitrogen and oxygen atoms in total. The van der Waals surface area contributed by atoms with Gasteiger partial charge in [0.1, 0.15) is 18.0 Å². The number of hydrogen-bond acceptors (Lipinski definition) is 7. The second kappa shape index (κ2) is 9.85. The third-order valence-electron chi connectivity index (χ3n) is 8.07. The molecular weight excluding hydrogens is 436 g/mol. The first-order valence-electron chi connectivity index (χ1n) is 12.3. The number of esters is 1. The normalized spacial score (nSPS) is 29.6. The van der Waals surface area contributed by atoms with E-state index < -0.39 is 5.41 Å². The number of ether oxygens (including phenoxy) is 5. The van der Waals surface area contributed by atoms with Crippen LogP contribution in [0.3, 0.4) is 0 Å². The van der Waals surface area contributed by atoms with E-state index in [4.69, 9.17) is 23.7 Å². The molecule has 6 rings (SSSR count). The minimum absolute atomic E-state index is 0.0965. The first kappa shape index (κ1) is 23.6. The molecule has 4 bridgehead atoms. The average molecular weight is 473 g/mol.